The van der Waals surface area contributed by atoms with Crippen molar-refractivity contribution in [2.24, 2.45) is 0 Å². The molecule has 2 N–H and O–H groups in total. The predicted octanol–water partition coefficient (Wildman–Crippen LogP) is 4.82. The van der Waals surface area contributed by atoms with Crippen LogP contribution < -0.4 is 25.3 Å². The van der Waals surface area contributed by atoms with Crippen LogP contribution >= 0.6 is 0 Å². The van der Waals surface area contributed by atoms with Gasteiger partial charge in [-0.25, -0.2) is 19.4 Å². The standard InChI is InChI=1S/C33H38FN7O4/c1-3-33(42)38-26-15-27(30(43-2)16-29(26)39-11-8-23(9-12-39)40-18-25-14-24(40)19-44-25)37-31-17-32(36-20-35-31)41-28(10-13-45-41)21-4-6-22(34)7-5-21/h3-7,15-17,20,23-25,28H,1,8-14,18-19H2,2H3,(H,38,42)(H,35,36,37)/t24-,25-,28+/m0/s1. The number of methoxy groups -OCH3 is 1. The molecule has 1 aromatic heterocycles. The van der Waals surface area contributed by atoms with Crippen LogP contribution in [0.4, 0.5) is 33.1 Å². The largest absolute Gasteiger partial charge is 0.494 e. The zero-order chi connectivity index (χ0) is 30.9. The molecule has 7 rings (SSSR count). The fourth-order valence-electron chi connectivity index (χ4n) is 7.05. The lowest BCUT2D eigenvalue weighted by atomic mass is 10.0. The van der Waals surface area contributed by atoms with Crippen molar-refractivity contribution in [1.82, 2.24) is 14.9 Å². The molecule has 4 fully saturated rings. The van der Waals surface area contributed by atoms with E-state index in [0.29, 0.717) is 53.6 Å². The molecule has 0 spiro atoms. The Morgan fingerprint density at radius 2 is 1.91 bits per heavy atom. The minimum atomic E-state index is -0.294. The molecule has 3 atom stereocenters. The van der Waals surface area contributed by atoms with Gasteiger partial charge in [0.05, 0.1) is 49.5 Å². The number of halogens is 1. The van der Waals surface area contributed by atoms with Crippen molar-refractivity contribution >= 4 is 34.6 Å². The van der Waals surface area contributed by atoms with Gasteiger partial charge in [-0.3, -0.25) is 14.5 Å². The number of nitrogens with zero attached hydrogens (tertiary/aromatic N) is 5. The van der Waals surface area contributed by atoms with E-state index >= 15 is 0 Å². The van der Waals surface area contributed by atoms with Crippen molar-refractivity contribution in [3.63, 3.8) is 0 Å². The van der Waals surface area contributed by atoms with Gasteiger partial charge in [-0.05, 0) is 49.1 Å². The number of carbonyl (C=O) groups is 1. The Balaban J connectivity index is 1.11. The van der Waals surface area contributed by atoms with E-state index in [-0.39, 0.29) is 17.8 Å². The van der Waals surface area contributed by atoms with Crippen LogP contribution in [0.5, 0.6) is 5.75 Å². The van der Waals surface area contributed by atoms with E-state index in [1.165, 1.54) is 24.5 Å². The molecule has 4 aliphatic rings. The van der Waals surface area contributed by atoms with Crippen molar-refractivity contribution in [1.29, 1.82) is 0 Å². The van der Waals surface area contributed by atoms with Gasteiger partial charge in [-0.1, -0.05) is 18.7 Å². The van der Waals surface area contributed by atoms with Gasteiger partial charge in [0.25, 0.3) is 0 Å². The highest BCUT2D eigenvalue weighted by atomic mass is 19.1. The third kappa shape index (κ3) is 6.05. The molecule has 0 saturated carbocycles. The van der Waals surface area contributed by atoms with Crippen LogP contribution in [-0.4, -0.2) is 78.9 Å². The highest BCUT2D eigenvalue weighted by molar-refractivity contribution is 6.02. The number of likely N-dealkylation sites (tertiary alicyclic amines) is 1. The summed E-state index contributed by atoms with van der Waals surface area (Å²) in [6.45, 7) is 7.77. The summed E-state index contributed by atoms with van der Waals surface area (Å²) in [4.78, 5) is 32.3. The molecule has 5 heterocycles. The summed E-state index contributed by atoms with van der Waals surface area (Å²) in [7, 11) is 1.62. The Kier molecular flexibility index (Phi) is 8.26. The number of aromatic nitrogens is 2. The van der Waals surface area contributed by atoms with Gasteiger partial charge in [0.1, 0.15) is 23.7 Å². The van der Waals surface area contributed by atoms with Crippen LogP contribution in [-0.2, 0) is 14.4 Å². The lowest BCUT2D eigenvalue weighted by Crippen LogP contribution is -2.49. The lowest BCUT2D eigenvalue weighted by molar-refractivity contribution is -0.111. The van der Waals surface area contributed by atoms with E-state index < -0.39 is 0 Å². The van der Waals surface area contributed by atoms with E-state index in [9.17, 15) is 9.18 Å². The smallest absolute Gasteiger partial charge is 0.247 e. The first-order valence-corrected chi connectivity index (χ1v) is 15.5. The van der Waals surface area contributed by atoms with Crippen LogP contribution in [0.2, 0.25) is 0 Å². The SMILES string of the molecule is C=CC(=O)Nc1cc(Nc2cc(N3OCC[C@@H]3c3ccc(F)cc3)ncn2)c(OC)cc1N1CCC(N2C[C@@H]3C[C@H]2CO3)CC1. The molecule has 0 radical (unpaired) electrons. The number of nitrogens with one attached hydrogen (secondary N) is 2. The van der Waals surface area contributed by atoms with Gasteiger partial charge in [0, 0.05) is 50.3 Å². The molecular formula is C33H38FN7O4. The molecule has 2 bridgehead atoms. The predicted molar refractivity (Wildman–Crippen MR) is 169 cm³/mol. The molecular weight excluding hydrogens is 577 g/mol. The van der Waals surface area contributed by atoms with Gasteiger partial charge in [-0.2, -0.15) is 0 Å². The van der Waals surface area contributed by atoms with Crippen LogP contribution in [0.3, 0.4) is 0 Å². The second-order valence-electron chi connectivity index (χ2n) is 11.9. The van der Waals surface area contributed by atoms with Crippen molar-refractivity contribution in [3.8, 4) is 5.75 Å². The molecule has 4 saturated heterocycles. The topological polar surface area (TPSA) is 104 Å². The van der Waals surface area contributed by atoms with Gasteiger partial charge in [0.15, 0.2) is 5.82 Å². The maximum absolute atomic E-state index is 13.5. The minimum absolute atomic E-state index is 0.110. The van der Waals surface area contributed by atoms with Crippen LogP contribution in [0.15, 0.2) is 61.4 Å². The third-order valence-corrected chi connectivity index (χ3v) is 9.28. The summed E-state index contributed by atoms with van der Waals surface area (Å²) in [6.07, 6.45) is 7.10. The van der Waals surface area contributed by atoms with E-state index in [0.717, 1.165) is 63.2 Å². The monoisotopic (exact) mass is 615 g/mol. The average Bonchev–Trinajstić information content (AvgIpc) is 3.84. The van der Waals surface area contributed by atoms with Crippen LogP contribution in [0.25, 0.3) is 0 Å². The number of hydrogen-bond acceptors (Lipinski definition) is 10. The Labute approximate surface area is 261 Å². The highest BCUT2D eigenvalue weighted by Gasteiger charge is 2.42. The number of benzene rings is 2. The van der Waals surface area contributed by atoms with Gasteiger partial charge in [0.2, 0.25) is 5.91 Å². The molecule has 11 nitrogen and oxygen atoms in total. The number of hydroxylamine groups is 1. The van der Waals surface area contributed by atoms with Crippen molar-refractivity contribution in [3.05, 3.63) is 72.8 Å². The molecule has 45 heavy (non-hydrogen) atoms. The number of piperidine rings is 1. The molecule has 3 aromatic rings. The number of anilines is 5. The molecule has 0 aliphatic carbocycles. The number of fused-ring (bicyclic) bond motifs is 2. The summed E-state index contributed by atoms with van der Waals surface area (Å²) >= 11 is 0. The fraction of sp³-hybridized carbons (Fsp3) is 0.424. The van der Waals surface area contributed by atoms with Crippen LogP contribution in [0.1, 0.15) is 37.3 Å². The molecule has 12 heteroatoms. The highest BCUT2D eigenvalue weighted by Crippen LogP contribution is 2.41. The van der Waals surface area contributed by atoms with Crippen molar-refractivity contribution in [2.75, 3.05) is 60.6 Å². The first kappa shape index (κ1) is 29.5. The molecule has 0 unspecified atom stereocenters. The first-order valence-electron chi connectivity index (χ1n) is 15.5. The molecule has 2 aromatic carbocycles. The van der Waals surface area contributed by atoms with E-state index in [1.54, 1.807) is 30.4 Å². The van der Waals surface area contributed by atoms with E-state index in [4.69, 9.17) is 14.3 Å². The Morgan fingerprint density at radius 3 is 2.62 bits per heavy atom. The number of morpholine rings is 1. The summed E-state index contributed by atoms with van der Waals surface area (Å²) in [6, 6.07) is 13.0. The maximum atomic E-state index is 13.5. The van der Waals surface area contributed by atoms with Crippen molar-refractivity contribution < 1.29 is 23.5 Å². The lowest BCUT2D eigenvalue weighted by Gasteiger charge is -2.41. The molecule has 1 amide bonds. The number of ether oxygens (including phenoxy) is 2. The number of hydrogen-bond donors (Lipinski definition) is 2. The molecule has 4 aliphatic heterocycles. The summed E-state index contributed by atoms with van der Waals surface area (Å²) in [5, 5.41) is 8.08. The van der Waals surface area contributed by atoms with Gasteiger partial charge >= 0.3 is 0 Å². The first-order chi connectivity index (χ1) is 22.0. The Hall–Kier alpha value is -4.26. The normalized spacial score (nSPS) is 23.4. The number of rotatable bonds is 9. The van der Waals surface area contributed by atoms with Crippen molar-refractivity contribution in [2.45, 2.75) is 49.9 Å². The van der Waals surface area contributed by atoms with E-state index in [2.05, 4.69) is 37.0 Å². The summed E-state index contributed by atoms with van der Waals surface area (Å²) < 4.78 is 25.2. The number of amides is 1. The Morgan fingerprint density at radius 1 is 1.09 bits per heavy atom. The quantitative estimate of drug-likeness (QED) is 0.326. The summed E-state index contributed by atoms with van der Waals surface area (Å²) in [5.41, 5.74) is 3.12. The zero-order valence-corrected chi connectivity index (χ0v) is 25.3. The van der Waals surface area contributed by atoms with Gasteiger partial charge < -0.3 is 25.0 Å². The maximum Gasteiger partial charge on any atom is 0.247 e. The second kappa shape index (κ2) is 12.6. The number of carbonyl (C=O) groups excluding carboxylic acids is 1. The fourth-order valence-corrected chi connectivity index (χ4v) is 7.05. The molecule has 236 valence electrons. The van der Waals surface area contributed by atoms with E-state index in [1.807, 2.05) is 12.1 Å². The minimum Gasteiger partial charge on any atom is -0.494 e. The Bertz CT molecular complexity index is 1550. The van der Waals surface area contributed by atoms with Crippen LogP contribution in [0, 0.1) is 5.82 Å². The zero-order valence-electron chi connectivity index (χ0n) is 25.3. The average molecular weight is 616 g/mol. The summed E-state index contributed by atoms with van der Waals surface area (Å²) in [5.74, 6) is 1.12. The van der Waals surface area contributed by atoms with Gasteiger partial charge in [-0.15, -0.1) is 0 Å². The third-order valence-electron chi connectivity index (χ3n) is 9.28. The second-order valence-corrected chi connectivity index (χ2v) is 11.9.